The van der Waals surface area contributed by atoms with Crippen molar-refractivity contribution in [3.05, 3.63) is 35.8 Å². The van der Waals surface area contributed by atoms with Crippen LogP contribution in [0.3, 0.4) is 0 Å². The summed E-state index contributed by atoms with van der Waals surface area (Å²) in [5.74, 6) is 0. The molecule has 0 amide bonds. The molecule has 3 heteroatoms. The molecule has 0 saturated heterocycles. The average molecular weight is 203 g/mol. The van der Waals surface area contributed by atoms with E-state index in [1.54, 1.807) is 0 Å². The molecule has 0 spiro atoms. The van der Waals surface area contributed by atoms with Crippen LogP contribution in [0, 0.1) is 6.92 Å². The summed E-state index contributed by atoms with van der Waals surface area (Å²) in [5.41, 5.74) is 3.50. The molecule has 0 unspecified atom stereocenters. The van der Waals surface area contributed by atoms with Gasteiger partial charge in [-0.3, -0.25) is 0 Å². The van der Waals surface area contributed by atoms with Crippen LogP contribution in [0.1, 0.15) is 24.6 Å². The Balaban J connectivity index is 2.21. The first-order valence-electron chi connectivity index (χ1n) is 5.44. The van der Waals surface area contributed by atoms with E-state index in [4.69, 9.17) is 0 Å². The van der Waals surface area contributed by atoms with Crippen molar-refractivity contribution in [1.82, 2.24) is 14.7 Å². The number of nitrogens with one attached hydrogen (secondary N) is 1. The molecular weight excluding hydrogens is 186 g/mol. The standard InChI is InChI=1S/C12H17N3/c1-3-5-13-8-11-9-14-12-7-10(2)4-6-15(11)12/h4,6-7,9,13H,3,5,8H2,1-2H3. The molecule has 0 radical (unpaired) electrons. The monoisotopic (exact) mass is 203 g/mol. The molecule has 0 bridgehead atoms. The molecule has 0 aliphatic rings. The van der Waals surface area contributed by atoms with Crippen molar-refractivity contribution in [1.29, 1.82) is 0 Å². The second-order valence-electron chi connectivity index (χ2n) is 3.86. The van der Waals surface area contributed by atoms with Crippen molar-refractivity contribution in [2.45, 2.75) is 26.8 Å². The van der Waals surface area contributed by atoms with Gasteiger partial charge >= 0.3 is 0 Å². The fourth-order valence-electron chi connectivity index (χ4n) is 1.66. The van der Waals surface area contributed by atoms with Crippen LogP contribution in [0.15, 0.2) is 24.5 Å². The van der Waals surface area contributed by atoms with Gasteiger partial charge in [0.05, 0.1) is 11.9 Å². The van der Waals surface area contributed by atoms with Crippen LogP contribution in [0.25, 0.3) is 5.65 Å². The molecule has 1 N–H and O–H groups in total. The third-order valence-corrected chi connectivity index (χ3v) is 2.48. The predicted octanol–water partition coefficient (Wildman–Crippen LogP) is 2.14. The van der Waals surface area contributed by atoms with Crippen LogP contribution in [0.2, 0.25) is 0 Å². The molecule has 2 aromatic rings. The number of hydrogen-bond donors (Lipinski definition) is 1. The van der Waals surface area contributed by atoms with Gasteiger partial charge in [-0.2, -0.15) is 0 Å². The van der Waals surface area contributed by atoms with Gasteiger partial charge in [0.1, 0.15) is 5.65 Å². The minimum atomic E-state index is 0.887. The highest BCUT2D eigenvalue weighted by molar-refractivity contribution is 5.42. The highest BCUT2D eigenvalue weighted by Gasteiger charge is 2.01. The highest BCUT2D eigenvalue weighted by Crippen LogP contribution is 2.08. The van der Waals surface area contributed by atoms with E-state index in [9.17, 15) is 0 Å². The highest BCUT2D eigenvalue weighted by atomic mass is 15.0. The second-order valence-corrected chi connectivity index (χ2v) is 3.86. The van der Waals surface area contributed by atoms with Crippen LogP contribution in [-0.4, -0.2) is 15.9 Å². The molecule has 0 aromatic carbocycles. The zero-order valence-corrected chi connectivity index (χ0v) is 9.33. The minimum absolute atomic E-state index is 0.887. The smallest absolute Gasteiger partial charge is 0.137 e. The molecule has 0 saturated carbocycles. The van der Waals surface area contributed by atoms with Crippen molar-refractivity contribution in [3.63, 3.8) is 0 Å². The zero-order chi connectivity index (χ0) is 10.7. The summed E-state index contributed by atoms with van der Waals surface area (Å²) in [6.45, 7) is 6.20. The normalized spacial score (nSPS) is 11.1. The van der Waals surface area contributed by atoms with Crippen LogP contribution < -0.4 is 5.32 Å². The third kappa shape index (κ3) is 2.18. The first-order valence-corrected chi connectivity index (χ1v) is 5.44. The van der Waals surface area contributed by atoms with Crippen LogP contribution >= 0.6 is 0 Å². The molecule has 2 rings (SSSR count). The Morgan fingerprint density at radius 1 is 1.47 bits per heavy atom. The van der Waals surface area contributed by atoms with Crippen molar-refractivity contribution in [3.8, 4) is 0 Å². The van der Waals surface area contributed by atoms with E-state index in [0.717, 1.165) is 25.2 Å². The first kappa shape index (κ1) is 10.2. The molecule has 0 aliphatic carbocycles. The number of aromatic nitrogens is 2. The lowest BCUT2D eigenvalue weighted by Crippen LogP contribution is -2.15. The largest absolute Gasteiger partial charge is 0.311 e. The van der Waals surface area contributed by atoms with Gasteiger partial charge < -0.3 is 9.72 Å². The Morgan fingerprint density at radius 3 is 3.13 bits per heavy atom. The van der Waals surface area contributed by atoms with E-state index in [-0.39, 0.29) is 0 Å². The van der Waals surface area contributed by atoms with E-state index < -0.39 is 0 Å². The van der Waals surface area contributed by atoms with Crippen LogP contribution in [0.5, 0.6) is 0 Å². The van der Waals surface area contributed by atoms with Crippen LogP contribution in [0.4, 0.5) is 0 Å². The SMILES string of the molecule is CCCNCc1cnc2cc(C)ccn12. The second kappa shape index (κ2) is 4.45. The van der Waals surface area contributed by atoms with Crippen molar-refractivity contribution >= 4 is 5.65 Å². The Kier molecular flexibility index (Phi) is 3.02. The summed E-state index contributed by atoms with van der Waals surface area (Å²) in [5, 5.41) is 3.38. The molecule has 0 aliphatic heterocycles. The van der Waals surface area contributed by atoms with Gasteiger partial charge in [-0.05, 0) is 37.6 Å². The van der Waals surface area contributed by atoms with Crippen LogP contribution in [-0.2, 0) is 6.54 Å². The maximum Gasteiger partial charge on any atom is 0.137 e. The lowest BCUT2D eigenvalue weighted by atomic mass is 10.3. The van der Waals surface area contributed by atoms with E-state index in [1.165, 1.54) is 11.3 Å². The number of nitrogens with zero attached hydrogens (tertiary/aromatic N) is 2. The molecule has 0 atom stereocenters. The van der Waals surface area contributed by atoms with Gasteiger partial charge in [0.25, 0.3) is 0 Å². The van der Waals surface area contributed by atoms with Gasteiger partial charge in [-0.1, -0.05) is 6.92 Å². The van der Waals surface area contributed by atoms with Gasteiger partial charge in [-0.15, -0.1) is 0 Å². The number of pyridine rings is 1. The first-order chi connectivity index (χ1) is 7.31. The fraction of sp³-hybridized carbons (Fsp3) is 0.417. The Bertz CT molecular complexity index is 445. The van der Waals surface area contributed by atoms with Crippen molar-refractivity contribution < 1.29 is 0 Å². The summed E-state index contributed by atoms with van der Waals surface area (Å²) in [4.78, 5) is 4.38. The molecule has 3 nitrogen and oxygen atoms in total. The Labute approximate surface area is 90.1 Å². The third-order valence-electron chi connectivity index (χ3n) is 2.48. The Morgan fingerprint density at radius 2 is 2.33 bits per heavy atom. The summed E-state index contributed by atoms with van der Waals surface area (Å²) >= 11 is 0. The number of aryl methyl sites for hydroxylation is 1. The van der Waals surface area contributed by atoms with Gasteiger partial charge in [0.15, 0.2) is 0 Å². The number of rotatable bonds is 4. The molecule has 15 heavy (non-hydrogen) atoms. The maximum atomic E-state index is 4.38. The Hall–Kier alpha value is -1.35. The lowest BCUT2D eigenvalue weighted by molar-refractivity contribution is 0.661. The van der Waals surface area contributed by atoms with E-state index >= 15 is 0 Å². The van der Waals surface area contributed by atoms with Gasteiger partial charge in [0.2, 0.25) is 0 Å². The predicted molar refractivity (Wildman–Crippen MR) is 61.9 cm³/mol. The number of hydrogen-bond acceptors (Lipinski definition) is 2. The average Bonchev–Trinajstić information content (AvgIpc) is 2.61. The fourth-order valence-corrected chi connectivity index (χ4v) is 1.66. The quantitative estimate of drug-likeness (QED) is 0.771. The van der Waals surface area contributed by atoms with Gasteiger partial charge in [0, 0.05) is 12.7 Å². The molecular formula is C12H17N3. The summed E-state index contributed by atoms with van der Waals surface area (Å²) in [6, 6.07) is 4.21. The van der Waals surface area contributed by atoms with Gasteiger partial charge in [-0.25, -0.2) is 4.98 Å². The lowest BCUT2D eigenvalue weighted by Gasteiger charge is -2.03. The molecule has 80 valence electrons. The zero-order valence-electron chi connectivity index (χ0n) is 9.33. The number of imidazole rings is 1. The molecule has 2 aromatic heterocycles. The molecule has 2 heterocycles. The topological polar surface area (TPSA) is 29.3 Å². The number of fused-ring (bicyclic) bond motifs is 1. The molecule has 0 fully saturated rings. The maximum absolute atomic E-state index is 4.38. The van der Waals surface area contributed by atoms with Crippen molar-refractivity contribution in [2.75, 3.05) is 6.54 Å². The summed E-state index contributed by atoms with van der Waals surface area (Å²) in [7, 11) is 0. The summed E-state index contributed by atoms with van der Waals surface area (Å²) < 4.78 is 2.13. The van der Waals surface area contributed by atoms with Crippen molar-refractivity contribution in [2.24, 2.45) is 0 Å². The van der Waals surface area contributed by atoms with E-state index in [0.29, 0.717) is 0 Å². The minimum Gasteiger partial charge on any atom is -0.311 e. The summed E-state index contributed by atoms with van der Waals surface area (Å²) in [6.07, 6.45) is 5.19. The van der Waals surface area contributed by atoms with E-state index in [2.05, 4.69) is 46.9 Å². The van der Waals surface area contributed by atoms with E-state index in [1.807, 2.05) is 6.20 Å².